The van der Waals surface area contributed by atoms with Crippen molar-refractivity contribution >= 4 is 51.2 Å². The minimum Gasteiger partial charge on any atom is -0.304 e. The first-order chi connectivity index (χ1) is 15.6. The van der Waals surface area contributed by atoms with Crippen LogP contribution in [0.2, 0.25) is 0 Å². The fourth-order valence-corrected chi connectivity index (χ4v) is 5.49. The molecule has 4 nitrogen and oxygen atoms in total. The van der Waals surface area contributed by atoms with Crippen molar-refractivity contribution in [3.05, 3.63) is 102 Å². The summed E-state index contributed by atoms with van der Waals surface area (Å²) in [6.07, 6.45) is 0. The van der Waals surface area contributed by atoms with Crippen LogP contribution in [0.5, 0.6) is 0 Å². The Bertz CT molecular complexity index is 1520. The molecule has 5 heteroatoms. The lowest BCUT2D eigenvalue weighted by Crippen LogP contribution is -2.29. The Morgan fingerprint density at radius 3 is 2.03 bits per heavy atom. The molecule has 0 unspecified atom stereocenters. The third-order valence-electron chi connectivity index (χ3n) is 5.87. The molecule has 1 aliphatic heterocycles. The number of rotatable bonds is 2. The maximum absolute atomic E-state index is 14.2. The highest BCUT2D eigenvalue weighted by molar-refractivity contribution is 7.99. The third-order valence-corrected chi connectivity index (χ3v) is 7.00. The first-order valence-electron chi connectivity index (χ1n) is 10.4. The van der Waals surface area contributed by atoms with Crippen molar-refractivity contribution in [2.24, 2.45) is 0 Å². The molecule has 0 fully saturated rings. The zero-order valence-corrected chi connectivity index (χ0v) is 18.1. The Balaban J connectivity index is 1.65. The number of hydrogen-bond donors (Lipinski definition) is 0. The van der Waals surface area contributed by atoms with E-state index < -0.39 is 0 Å². The predicted octanol–water partition coefficient (Wildman–Crippen LogP) is 6.74. The number of nitrogens with zero attached hydrogens (tertiary/aromatic N) is 2. The summed E-state index contributed by atoms with van der Waals surface area (Å²) in [5.74, 6) is -0.226. The monoisotopic (exact) mass is 434 g/mol. The van der Waals surface area contributed by atoms with Gasteiger partial charge in [0.2, 0.25) is 0 Å². The molecule has 32 heavy (non-hydrogen) atoms. The van der Waals surface area contributed by atoms with Gasteiger partial charge in [-0.05, 0) is 54.8 Å². The van der Waals surface area contributed by atoms with Gasteiger partial charge in [-0.2, -0.15) is 0 Å². The highest BCUT2D eigenvalue weighted by Crippen LogP contribution is 2.48. The van der Waals surface area contributed by atoms with Crippen molar-refractivity contribution in [2.45, 2.75) is 16.7 Å². The van der Waals surface area contributed by atoms with E-state index in [1.807, 2.05) is 89.3 Å². The van der Waals surface area contributed by atoms with Crippen molar-refractivity contribution in [3.63, 3.8) is 0 Å². The Morgan fingerprint density at radius 2 is 1.34 bits per heavy atom. The first kappa shape index (κ1) is 18.9. The van der Waals surface area contributed by atoms with Crippen molar-refractivity contribution in [3.8, 4) is 0 Å². The normalized spacial score (nSPS) is 12.6. The van der Waals surface area contributed by atoms with Gasteiger partial charge >= 0.3 is 0 Å². The van der Waals surface area contributed by atoms with Crippen LogP contribution in [0.4, 0.5) is 11.4 Å². The number of carbonyl (C=O) groups excluding carboxylic acids is 2. The van der Waals surface area contributed by atoms with E-state index in [4.69, 9.17) is 0 Å². The second-order valence-electron chi connectivity index (χ2n) is 7.79. The van der Waals surface area contributed by atoms with Crippen LogP contribution in [-0.4, -0.2) is 16.1 Å². The number of anilines is 2. The van der Waals surface area contributed by atoms with E-state index >= 15 is 0 Å². The fraction of sp³-hybridized carbons (Fsp3) is 0.0370. The van der Waals surface area contributed by atoms with E-state index in [1.165, 1.54) is 0 Å². The van der Waals surface area contributed by atoms with Crippen LogP contribution in [-0.2, 0) is 0 Å². The Labute approximate surface area is 189 Å². The summed E-state index contributed by atoms with van der Waals surface area (Å²) in [6, 6.07) is 29.4. The summed E-state index contributed by atoms with van der Waals surface area (Å²) in [5, 5.41) is 1.01. The standard InChI is InChI=1S/C27H18N2O2S/c1-17(30)19-16-24(28-20-9-3-2-8-18(20)14-15-21(19)28)27(31)29-22-10-4-6-12-25(22)32-26-13-7-5-11-23(26)29/h2-16H,1H3. The Kier molecular flexibility index (Phi) is 4.20. The number of Topliss-reactive ketones (excluding diaryl/α,β-unsaturated/α-hetero) is 1. The molecule has 3 heterocycles. The predicted molar refractivity (Wildman–Crippen MR) is 128 cm³/mol. The minimum atomic E-state index is -0.163. The number of benzene rings is 3. The topological polar surface area (TPSA) is 41.8 Å². The lowest BCUT2D eigenvalue weighted by molar-refractivity contribution is 0.0992. The van der Waals surface area contributed by atoms with Crippen LogP contribution in [0.25, 0.3) is 16.4 Å². The molecule has 5 aromatic rings. The molecular formula is C27H18N2O2S. The molecule has 0 saturated carbocycles. The molecule has 1 amide bonds. The second kappa shape index (κ2) is 7.11. The minimum absolute atomic E-state index is 0.0631. The second-order valence-corrected chi connectivity index (χ2v) is 8.87. The van der Waals surface area contributed by atoms with E-state index in [1.54, 1.807) is 29.7 Å². The highest BCUT2D eigenvalue weighted by atomic mass is 32.2. The van der Waals surface area contributed by atoms with Gasteiger partial charge in [0.05, 0.1) is 22.4 Å². The number of carbonyl (C=O) groups is 2. The number of pyridine rings is 1. The van der Waals surface area contributed by atoms with Crippen LogP contribution in [0.15, 0.2) is 101 Å². The van der Waals surface area contributed by atoms with Gasteiger partial charge in [-0.25, -0.2) is 0 Å². The smallest absolute Gasteiger partial charge is 0.279 e. The molecule has 2 aromatic heterocycles. The molecule has 6 rings (SSSR count). The zero-order valence-electron chi connectivity index (χ0n) is 17.3. The van der Waals surface area contributed by atoms with Crippen LogP contribution in [0, 0.1) is 0 Å². The van der Waals surface area contributed by atoms with Crippen LogP contribution in [0.1, 0.15) is 27.8 Å². The van der Waals surface area contributed by atoms with Crippen molar-refractivity contribution < 1.29 is 9.59 Å². The lowest BCUT2D eigenvalue weighted by atomic mass is 10.1. The van der Waals surface area contributed by atoms with E-state index in [-0.39, 0.29) is 11.7 Å². The number of fused-ring (bicyclic) bond motifs is 5. The van der Waals surface area contributed by atoms with Crippen molar-refractivity contribution in [1.29, 1.82) is 0 Å². The summed E-state index contributed by atoms with van der Waals surface area (Å²) >= 11 is 1.66. The molecule has 0 bridgehead atoms. The van der Waals surface area contributed by atoms with Gasteiger partial charge in [0.25, 0.3) is 5.91 Å². The Morgan fingerprint density at radius 1 is 0.719 bits per heavy atom. The average molecular weight is 435 g/mol. The van der Waals surface area contributed by atoms with Gasteiger partial charge in [-0.15, -0.1) is 0 Å². The lowest BCUT2D eigenvalue weighted by Gasteiger charge is -2.31. The largest absolute Gasteiger partial charge is 0.304 e. The summed E-state index contributed by atoms with van der Waals surface area (Å²) < 4.78 is 1.92. The Hall–Kier alpha value is -3.83. The highest BCUT2D eigenvalue weighted by Gasteiger charge is 2.31. The van der Waals surface area contributed by atoms with E-state index in [0.29, 0.717) is 11.3 Å². The van der Waals surface area contributed by atoms with Crippen LogP contribution >= 0.6 is 11.8 Å². The number of ketones is 1. The molecule has 3 aromatic carbocycles. The number of aromatic nitrogens is 1. The molecule has 0 saturated heterocycles. The molecule has 1 aliphatic rings. The summed E-state index contributed by atoms with van der Waals surface area (Å²) in [7, 11) is 0. The maximum Gasteiger partial charge on any atom is 0.279 e. The number of amides is 1. The molecule has 0 aliphatic carbocycles. The van der Waals surface area contributed by atoms with Gasteiger partial charge in [-0.3, -0.25) is 14.5 Å². The zero-order chi connectivity index (χ0) is 21.8. The molecule has 154 valence electrons. The van der Waals surface area contributed by atoms with Crippen LogP contribution < -0.4 is 4.90 Å². The SMILES string of the molecule is CC(=O)c1cc(C(=O)N2c3ccccc3Sc3ccccc32)n2c1ccc1ccccc12. The van der Waals surface area contributed by atoms with Gasteiger partial charge < -0.3 is 4.40 Å². The first-order valence-corrected chi connectivity index (χ1v) is 11.2. The van der Waals surface area contributed by atoms with E-state index in [2.05, 4.69) is 0 Å². The van der Waals surface area contributed by atoms with Crippen molar-refractivity contribution in [1.82, 2.24) is 4.40 Å². The third kappa shape index (κ3) is 2.71. The molecule has 0 atom stereocenters. The van der Waals surface area contributed by atoms with E-state index in [9.17, 15) is 9.59 Å². The summed E-state index contributed by atoms with van der Waals surface area (Å²) in [4.78, 5) is 30.5. The van der Waals surface area contributed by atoms with E-state index in [0.717, 1.165) is 37.6 Å². The molecule has 0 N–H and O–H groups in total. The van der Waals surface area contributed by atoms with Gasteiger partial charge in [-0.1, -0.05) is 60.3 Å². The van der Waals surface area contributed by atoms with Crippen molar-refractivity contribution in [2.75, 3.05) is 4.90 Å². The number of para-hydroxylation sites is 3. The fourth-order valence-electron chi connectivity index (χ4n) is 4.43. The molecular weight excluding hydrogens is 416 g/mol. The average Bonchev–Trinajstić information content (AvgIpc) is 3.23. The maximum atomic E-state index is 14.2. The quantitative estimate of drug-likeness (QED) is 0.289. The summed E-state index contributed by atoms with van der Waals surface area (Å²) in [6.45, 7) is 1.54. The molecule has 0 radical (unpaired) electrons. The van der Waals surface area contributed by atoms with Gasteiger partial charge in [0.1, 0.15) is 5.69 Å². The summed E-state index contributed by atoms with van der Waals surface area (Å²) in [5.41, 5.74) is 4.35. The van der Waals surface area contributed by atoms with Gasteiger partial charge in [0.15, 0.2) is 5.78 Å². The number of hydrogen-bond acceptors (Lipinski definition) is 3. The van der Waals surface area contributed by atoms with Gasteiger partial charge in [0, 0.05) is 15.4 Å². The van der Waals surface area contributed by atoms with Crippen LogP contribution in [0.3, 0.4) is 0 Å². The molecule has 0 spiro atoms.